The maximum Gasteiger partial charge on any atom is 0.320 e. The molecular formula is C32H41N7O2. The second-order valence-electron chi connectivity index (χ2n) is 12.7. The number of likely N-dealkylation sites (N-methyl/N-ethyl adjacent to an activating group) is 2. The number of hydrogen-bond acceptors (Lipinski definition) is 7. The fraction of sp³-hybridized carbons (Fsp3) is 0.531. The number of benzene rings is 1. The summed E-state index contributed by atoms with van der Waals surface area (Å²) in [4.78, 5) is 34.7. The molecule has 9 heteroatoms. The van der Waals surface area contributed by atoms with Gasteiger partial charge in [0.15, 0.2) is 0 Å². The number of piperidine rings is 1. The molecule has 1 atom stereocenters. The number of amides is 1. The van der Waals surface area contributed by atoms with Crippen molar-refractivity contribution in [2.24, 2.45) is 5.41 Å². The number of rotatable bonds is 6. The smallest absolute Gasteiger partial charge is 0.320 e. The zero-order chi connectivity index (χ0) is 28.1. The molecule has 0 aliphatic carbocycles. The van der Waals surface area contributed by atoms with E-state index in [4.69, 9.17) is 14.7 Å². The molecule has 0 saturated carbocycles. The van der Waals surface area contributed by atoms with Gasteiger partial charge in [0.05, 0.1) is 5.39 Å². The summed E-state index contributed by atoms with van der Waals surface area (Å²) in [5, 5.41) is 1.04. The van der Waals surface area contributed by atoms with Crippen molar-refractivity contribution in [1.82, 2.24) is 29.7 Å². The number of carbonyl (C=O) groups is 1. The van der Waals surface area contributed by atoms with Crippen molar-refractivity contribution in [3.63, 3.8) is 0 Å². The normalized spacial score (nSPS) is 22.6. The first-order valence-corrected chi connectivity index (χ1v) is 15.1. The first-order valence-electron chi connectivity index (χ1n) is 15.1. The number of fused-ring (bicyclic) bond motifs is 2. The van der Waals surface area contributed by atoms with E-state index in [1.54, 1.807) is 0 Å². The van der Waals surface area contributed by atoms with Gasteiger partial charge in [-0.15, -0.1) is 0 Å². The van der Waals surface area contributed by atoms with Gasteiger partial charge in [0, 0.05) is 62.0 Å². The predicted octanol–water partition coefficient (Wildman–Crippen LogP) is 3.70. The Morgan fingerprint density at radius 1 is 1.17 bits per heavy atom. The standard InChI is InChI=1S/C32H41N7O2/c1-4-28(40)39-20-32(21-39)11-15-38(16-12-32)30-25-17-27(24-9-5-7-22-10-14-36(2)18-26(22)24)33-29(25)34-31(35-30)41-19-23-8-6-13-37(23)3/h4-5,7,9,17,23H,1,6,8,10-16,18-21H2,2-3H3,(H,33,34,35)/t23-/m0/s1. The molecule has 0 radical (unpaired) electrons. The van der Waals surface area contributed by atoms with E-state index < -0.39 is 0 Å². The van der Waals surface area contributed by atoms with Gasteiger partial charge in [-0.3, -0.25) is 4.79 Å². The van der Waals surface area contributed by atoms with Crippen LogP contribution in [0.15, 0.2) is 36.9 Å². The third kappa shape index (κ3) is 4.89. The maximum absolute atomic E-state index is 12.1. The number of H-pyrrole nitrogens is 1. The van der Waals surface area contributed by atoms with Crippen molar-refractivity contribution < 1.29 is 9.53 Å². The Morgan fingerprint density at radius 3 is 2.76 bits per heavy atom. The highest BCUT2D eigenvalue weighted by molar-refractivity contribution is 5.93. The summed E-state index contributed by atoms with van der Waals surface area (Å²) in [5.74, 6) is 0.988. The number of carbonyl (C=O) groups excluding carboxylic acids is 1. The summed E-state index contributed by atoms with van der Waals surface area (Å²) in [6.07, 6.45) is 6.93. The van der Waals surface area contributed by atoms with E-state index >= 15 is 0 Å². The van der Waals surface area contributed by atoms with E-state index in [2.05, 4.69) is 64.6 Å². The average molecular weight is 556 g/mol. The largest absolute Gasteiger partial charge is 0.462 e. The lowest BCUT2D eigenvalue weighted by molar-refractivity contribution is -0.139. The molecule has 9 nitrogen and oxygen atoms in total. The highest BCUT2D eigenvalue weighted by Crippen LogP contribution is 2.43. The number of nitrogens with one attached hydrogen (secondary N) is 1. The zero-order valence-electron chi connectivity index (χ0n) is 24.4. The quantitative estimate of drug-likeness (QED) is 0.465. The minimum absolute atomic E-state index is 0.0411. The Bertz CT molecular complexity index is 1470. The highest BCUT2D eigenvalue weighted by atomic mass is 16.5. The molecule has 0 bridgehead atoms. The van der Waals surface area contributed by atoms with Gasteiger partial charge < -0.3 is 29.3 Å². The molecule has 6 heterocycles. The second-order valence-corrected chi connectivity index (χ2v) is 12.7. The highest BCUT2D eigenvalue weighted by Gasteiger charge is 2.46. The summed E-state index contributed by atoms with van der Waals surface area (Å²) < 4.78 is 6.27. The Kier molecular flexibility index (Phi) is 6.74. The minimum Gasteiger partial charge on any atom is -0.462 e. The van der Waals surface area contributed by atoms with Crippen LogP contribution in [0.5, 0.6) is 6.01 Å². The molecule has 2 aromatic heterocycles. The van der Waals surface area contributed by atoms with Gasteiger partial charge in [-0.05, 0) is 76.0 Å². The number of nitrogens with zero attached hydrogens (tertiary/aromatic N) is 6. The van der Waals surface area contributed by atoms with Crippen molar-refractivity contribution in [2.75, 3.05) is 64.9 Å². The van der Waals surface area contributed by atoms with Gasteiger partial charge in [-0.25, -0.2) is 0 Å². The number of hydrogen-bond donors (Lipinski definition) is 1. The summed E-state index contributed by atoms with van der Waals surface area (Å²) in [5.41, 5.74) is 6.20. The zero-order valence-corrected chi connectivity index (χ0v) is 24.4. The molecule has 4 aliphatic heterocycles. The number of ether oxygens (including phenoxy) is 1. The number of anilines is 1. The molecule has 4 aliphatic rings. The van der Waals surface area contributed by atoms with Crippen LogP contribution >= 0.6 is 0 Å². The molecule has 0 unspecified atom stereocenters. The van der Waals surface area contributed by atoms with Crippen LogP contribution in [0, 0.1) is 5.41 Å². The fourth-order valence-electron chi connectivity index (χ4n) is 7.31. The molecule has 41 heavy (non-hydrogen) atoms. The predicted molar refractivity (Wildman–Crippen MR) is 161 cm³/mol. The Labute approximate surface area is 242 Å². The molecule has 1 aromatic carbocycles. The van der Waals surface area contributed by atoms with Crippen LogP contribution in [0.25, 0.3) is 22.3 Å². The number of aromatic nitrogens is 3. The van der Waals surface area contributed by atoms with E-state index in [-0.39, 0.29) is 11.3 Å². The van der Waals surface area contributed by atoms with Gasteiger partial charge in [0.1, 0.15) is 18.1 Å². The van der Waals surface area contributed by atoms with E-state index in [1.165, 1.54) is 29.2 Å². The summed E-state index contributed by atoms with van der Waals surface area (Å²) in [6.45, 7) is 10.9. The first kappa shape index (κ1) is 26.5. The second kappa shape index (κ2) is 10.4. The van der Waals surface area contributed by atoms with E-state index in [1.807, 2.05) is 4.90 Å². The van der Waals surface area contributed by atoms with Crippen LogP contribution in [0.2, 0.25) is 0 Å². The van der Waals surface area contributed by atoms with Crippen molar-refractivity contribution in [1.29, 1.82) is 0 Å². The summed E-state index contributed by atoms with van der Waals surface area (Å²) in [7, 11) is 4.36. The van der Waals surface area contributed by atoms with Crippen LogP contribution in [-0.4, -0.2) is 102 Å². The van der Waals surface area contributed by atoms with Gasteiger partial charge in [0.25, 0.3) is 0 Å². The molecule has 3 fully saturated rings. The first-order chi connectivity index (χ1) is 19.9. The molecular weight excluding hydrogens is 514 g/mol. The van der Waals surface area contributed by atoms with Crippen molar-refractivity contribution in [2.45, 2.75) is 44.7 Å². The number of likely N-dealkylation sites (tertiary alicyclic amines) is 2. The molecule has 3 saturated heterocycles. The SMILES string of the molecule is C=CC(=O)N1CC2(CCN(c3nc(OC[C@@H]4CCCN4C)nc4[nH]c(-c5cccc6c5CN(C)CC6)cc34)CC2)C1. The Hall–Kier alpha value is -3.43. The molecule has 1 amide bonds. The summed E-state index contributed by atoms with van der Waals surface area (Å²) >= 11 is 0. The third-order valence-corrected chi connectivity index (χ3v) is 9.94. The average Bonchev–Trinajstić information content (AvgIpc) is 3.59. The van der Waals surface area contributed by atoms with E-state index in [9.17, 15) is 4.79 Å². The van der Waals surface area contributed by atoms with E-state index in [0.29, 0.717) is 18.7 Å². The monoisotopic (exact) mass is 555 g/mol. The summed E-state index contributed by atoms with van der Waals surface area (Å²) in [6, 6.07) is 9.75. The minimum atomic E-state index is 0.0411. The topological polar surface area (TPSA) is 80.8 Å². The van der Waals surface area contributed by atoms with Gasteiger partial charge >= 0.3 is 6.01 Å². The number of aromatic amines is 1. The Balaban J connectivity index is 1.20. The molecule has 3 aromatic rings. The van der Waals surface area contributed by atoms with Gasteiger partial charge in [-0.2, -0.15) is 9.97 Å². The van der Waals surface area contributed by atoms with E-state index in [0.717, 1.165) is 94.0 Å². The molecule has 216 valence electrons. The lowest BCUT2D eigenvalue weighted by Gasteiger charge is -2.53. The van der Waals surface area contributed by atoms with Crippen molar-refractivity contribution in [3.8, 4) is 17.3 Å². The lowest BCUT2D eigenvalue weighted by Crippen LogP contribution is -2.61. The lowest BCUT2D eigenvalue weighted by atomic mass is 9.72. The third-order valence-electron chi connectivity index (χ3n) is 9.94. The fourth-order valence-corrected chi connectivity index (χ4v) is 7.31. The van der Waals surface area contributed by atoms with Crippen LogP contribution in [0.1, 0.15) is 36.8 Å². The van der Waals surface area contributed by atoms with Crippen LogP contribution in [0.3, 0.4) is 0 Å². The Morgan fingerprint density at radius 2 is 2.00 bits per heavy atom. The van der Waals surface area contributed by atoms with Crippen molar-refractivity contribution in [3.05, 3.63) is 48.0 Å². The van der Waals surface area contributed by atoms with Gasteiger partial charge in [-0.1, -0.05) is 24.8 Å². The molecule has 1 spiro atoms. The van der Waals surface area contributed by atoms with Crippen LogP contribution in [-0.2, 0) is 17.8 Å². The molecule has 1 N–H and O–H groups in total. The van der Waals surface area contributed by atoms with Crippen LogP contribution in [0.4, 0.5) is 5.82 Å². The maximum atomic E-state index is 12.1. The molecule has 7 rings (SSSR count). The van der Waals surface area contributed by atoms with Crippen LogP contribution < -0.4 is 9.64 Å². The van der Waals surface area contributed by atoms with Crippen molar-refractivity contribution >= 4 is 22.8 Å². The van der Waals surface area contributed by atoms with Gasteiger partial charge in [0.2, 0.25) is 5.91 Å².